The van der Waals surface area contributed by atoms with E-state index in [0.29, 0.717) is 82.7 Å². The van der Waals surface area contributed by atoms with Crippen LogP contribution in [-0.2, 0) is 90.0 Å². The van der Waals surface area contributed by atoms with Crippen LogP contribution >= 0.6 is 0 Å². The molecule has 0 bridgehead atoms. The maximum atomic E-state index is 13.6. The number of sulfonamides is 2. The molecule has 0 aliphatic carbocycles. The first-order valence-corrected chi connectivity index (χ1v) is 37.4. The number of hydrogen-bond acceptors (Lipinski definition) is 20. The maximum Gasteiger partial charge on any atom is 0.330 e. The highest BCUT2D eigenvalue weighted by molar-refractivity contribution is 7.89. The summed E-state index contributed by atoms with van der Waals surface area (Å²) in [6.07, 6.45) is 4.01. The molecule has 6 heterocycles. The van der Waals surface area contributed by atoms with Crippen molar-refractivity contribution < 1.29 is 104 Å². The Morgan fingerprint density at radius 2 is 0.871 bits per heavy atom. The molecule has 4 N–H and O–H groups in total. The topological polar surface area (TPSA) is 324 Å². The SMILES string of the molecule is C.CCOC(=O)/C=C/C(=O)O.COc1ccc(S(=O)(=O)N(CC(C)C)C[C@@H](O)[C@@H](CC(=O)C[C@@H]2CO[C@@H]3OCC[C@H]23)Cc2ccccc2)cc1.COc1ccc(S(=O)(=O)N(CC(C)C)C[C@@H](O)[C@@H](CC(=O)C[C@H]2CO[C@H]3OCC[C@@H]23)Cc2ccccc2)cc1.O=C(O)CC1COC2OCCC12. The van der Waals surface area contributed by atoms with E-state index in [4.69, 9.17) is 48.1 Å². The zero-order valence-electron chi connectivity index (χ0n) is 58.4. The Morgan fingerprint density at radius 3 is 1.19 bits per heavy atom. The number of Topliss-reactive ketones (excluding diaryl/α,β-unsaturated/α-hetero) is 2. The van der Waals surface area contributed by atoms with Crippen molar-refractivity contribution in [3.8, 4) is 11.5 Å². The van der Waals surface area contributed by atoms with Gasteiger partial charge in [-0.25, -0.2) is 26.4 Å². The van der Waals surface area contributed by atoms with Crippen LogP contribution in [0.25, 0.3) is 0 Å². The Balaban J connectivity index is 0.000000242. The standard InChI is InChI=1S/2C30H41NO7S.C8H12O4.C6H8O4.CH4/c2*1-21(2)18-31(39(34,35)27-11-9-26(36-3)10-12-27)19-29(33)23(15-22-7-5-4-6-8-22)16-25(32)17-24-20-38-30-28(24)13-14-37-30;9-7(10)3-5-4-12-8-6(5)1-2-11-8;1-2-10-6(9)4-3-5(7)8;/h2*4-12,21,23-24,28-30,33H,13-20H2,1-3H3;5-6,8H,1-4H2,(H,9,10);3-4H,2H2,1H3,(H,7,8);1H4/b;;;4-3+;/t23-,24+,28+,29-,30-;23-,24-,28-,29-,30+;;;/m11.../s1. The van der Waals surface area contributed by atoms with Crippen molar-refractivity contribution in [1.82, 2.24) is 8.61 Å². The molecule has 560 valence electrons. The van der Waals surface area contributed by atoms with Crippen molar-refractivity contribution in [2.24, 2.45) is 59.2 Å². The molecule has 0 aromatic heterocycles. The first-order chi connectivity index (χ1) is 47.8. The van der Waals surface area contributed by atoms with Crippen molar-refractivity contribution >= 4 is 49.5 Å². The van der Waals surface area contributed by atoms with Crippen molar-refractivity contribution in [3.63, 3.8) is 0 Å². The minimum absolute atomic E-state index is 0. The fraction of sp³-hybridized carbons (Fsp3) is 0.587. The number of ketones is 2. The summed E-state index contributed by atoms with van der Waals surface area (Å²) in [5.74, 6) is -0.865. The Morgan fingerprint density at radius 1 is 0.515 bits per heavy atom. The van der Waals surface area contributed by atoms with Crippen molar-refractivity contribution in [1.29, 1.82) is 0 Å². The van der Waals surface area contributed by atoms with Crippen LogP contribution in [0.3, 0.4) is 0 Å². The molecule has 4 aromatic rings. The van der Waals surface area contributed by atoms with Gasteiger partial charge in [0.25, 0.3) is 0 Å². The highest BCUT2D eigenvalue weighted by Crippen LogP contribution is 2.41. The molecule has 24 nitrogen and oxygen atoms in total. The monoisotopic (exact) mass is 1450 g/mol. The molecule has 0 radical (unpaired) electrons. The lowest BCUT2D eigenvalue weighted by molar-refractivity contribution is -0.139. The van der Waals surface area contributed by atoms with E-state index in [2.05, 4.69) is 4.74 Å². The molecule has 0 amide bonds. The van der Waals surface area contributed by atoms with Gasteiger partial charge in [0.1, 0.15) is 23.1 Å². The number of carboxylic acids is 2. The molecular formula is C75H106N2O22S2. The normalized spacial score (nSPS) is 23.2. The summed E-state index contributed by atoms with van der Waals surface area (Å²) in [7, 11) is -4.70. The third-order valence-corrected chi connectivity index (χ3v) is 22.3. The predicted molar refractivity (Wildman–Crippen MR) is 375 cm³/mol. The van der Waals surface area contributed by atoms with Crippen LogP contribution < -0.4 is 9.47 Å². The van der Waals surface area contributed by atoms with E-state index in [1.165, 1.54) is 47.1 Å². The number of aliphatic carboxylic acids is 2. The van der Waals surface area contributed by atoms with Crippen molar-refractivity contribution in [2.45, 2.75) is 147 Å². The molecule has 13 atom stereocenters. The number of methoxy groups -OCH3 is 2. The largest absolute Gasteiger partial charge is 0.497 e. The first kappa shape index (κ1) is 83.4. The number of aliphatic hydroxyl groups excluding tert-OH is 2. The van der Waals surface area contributed by atoms with E-state index < -0.39 is 62.0 Å². The van der Waals surface area contributed by atoms with Crippen LogP contribution in [-0.4, -0.2) is 193 Å². The van der Waals surface area contributed by atoms with Gasteiger partial charge in [-0.15, -0.1) is 0 Å². The summed E-state index contributed by atoms with van der Waals surface area (Å²) < 4.78 is 105. The van der Waals surface area contributed by atoms with Crippen LogP contribution in [0, 0.1) is 59.2 Å². The number of ether oxygens (including phenoxy) is 9. The smallest absolute Gasteiger partial charge is 0.330 e. The van der Waals surface area contributed by atoms with Gasteiger partial charge in [-0.1, -0.05) is 95.8 Å². The van der Waals surface area contributed by atoms with Crippen LogP contribution in [0.4, 0.5) is 0 Å². The molecule has 10 rings (SSSR count). The lowest BCUT2D eigenvalue weighted by Gasteiger charge is -2.30. The second-order valence-electron chi connectivity index (χ2n) is 27.1. The van der Waals surface area contributed by atoms with E-state index in [0.717, 1.165) is 42.5 Å². The number of benzene rings is 4. The predicted octanol–water partition coefficient (Wildman–Crippen LogP) is 9.14. The van der Waals surface area contributed by atoms with Gasteiger partial charge in [-0.2, -0.15) is 8.61 Å². The van der Waals surface area contributed by atoms with Crippen LogP contribution in [0.15, 0.2) is 131 Å². The first-order valence-electron chi connectivity index (χ1n) is 34.5. The Bertz CT molecular complexity index is 3270. The van der Waals surface area contributed by atoms with Gasteiger partial charge in [0, 0.05) is 87.7 Å². The van der Waals surface area contributed by atoms with E-state index in [1.54, 1.807) is 31.2 Å². The van der Waals surface area contributed by atoms with Gasteiger partial charge >= 0.3 is 17.9 Å². The number of carbonyl (C=O) groups is 5. The highest BCUT2D eigenvalue weighted by Gasteiger charge is 2.45. The Hall–Kier alpha value is -6.53. The van der Waals surface area contributed by atoms with E-state index in [9.17, 15) is 51.0 Å². The minimum Gasteiger partial charge on any atom is -0.497 e. The number of aliphatic hydroxyl groups is 2. The maximum absolute atomic E-state index is 13.6. The van der Waals surface area contributed by atoms with Gasteiger partial charge in [-0.3, -0.25) is 14.4 Å². The summed E-state index contributed by atoms with van der Waals surface area (Å²) in [4.78, 5) is 57.5. The highest BCUT2D eigenvalue weighted by atomic mass is 32.2. The van der Waals surface area contributed by atoms with Crippen LogP contribution in [0.1, 0.15) is 105 Å². The van der Waals surface area contributed by atoms with Crippen molar-refractivity contribution in [2.75, 3.05) is 86.6 Å². The molecule has 101 heavy (non-hydrogen) atoms. The number of hydrogen-bond donors (Lipinski definition) is 4. The molecule has 6 fully saturated rings. The van der Waals surface area contributed by atoms with Crippen LogP contribution in [0.2, 0.25) is 0 Å². The average molecular weight is 1450 g/mol. The van der Waals surface area contributed by atoms with E-state index in [1.807, 2.05) is 88.4 Å². The zero-order chi connectivity index (χ0) is 72.5. The van der Waals surface area contributed by atoms with E-state index >= 15 is 0 Å². The summed E-state index contributed by atoms with van der Waals surface area (Å²) in [6, 6.07) is 31.9. The molecule has 26 heteroatoms. The Kier molecular flexibility index (Phi) is 33.9. The van der Waals surface area contributed by atoms with E-state index in [-0.39, 0.29) is 141 Å². The second kappa shape index (κ2) is 41.1. The van der Waals surface area contributed by atoms with Crippen LogP contribution in [0.5, 0.6) is 11.5 Å². The fourth-order valence-corrected chi connectivity index (χ4v) is 16.8. The van der Waals surface area contributed by atoms with Gasteiger partial charge in [0.2, 0.25) is 20.0 Å². The third-order valence-electron chi connectivity index (χ3n) is 18.6. The van der Waals surface area contributed by atoms with Gasteiger partial charge in [-0.05, 0) is 134 Å². The minimum atomic E-state index is -3.88. The quantitative estimate of drug-likeness (QED) is 0.0255. The molecule has 3 unspecified atom stereocenters. The number of carboxylic acid groups (broad SMARTS) is 2. The summed E-state index contributed by atoms with van der Waals surface area (Å²) >= 11 is 0. The number of nitrogens with zero attached hydrogens (tertiary/aromatic N) is 2. The molecule has 6 saturated heterocycles. The number of fused-ring (bicyclic) bond motifs is 3. The molecule has 6 aliphatic heterocycles. The number of esters is 1. The van der Waals surface area contributed by atoms with Gasteiger partial charge in [0.05, 0.1) is 88.9 Å². The summed E-state index contributed by atoms with van der Waals surface area (Å²) in [5.41, 5.74) is 1.99. The van der Waals surface area contributed by atoms with Crippen molar-refractivity contribution in [3.05, 3.63) is 132 Å². The lowest BCUT2D eigenvalue weighted by atomic mass is 9.84. The molecule has 6 aliphatic rings. The molecule has 0 saturated carbocycles. The zero-order valence-corrected chi connectivity index (χ0v) is 60.0. The molecule has 4 aromatic carbocycles. The Labute approximate surface area is 596 Å². The lowest BCUT2D eigenvalue weighted by Crippen LogP contribution is -2.43. The van der Waals surface area contributed by atoms with Gasteiger partial charge in [0.15, 0.2) is 18.9 Å². The second-order valence-corrected chi connectivity index (χ2v) is 31.0. The van der Waals surface area contributed by atoms with Gasteiger partial charge < -0.3 is 63.1 Å². The third kappa shape index (κ3) is 25.7. The molecular weight excluding hydrogens is 1340 g/mol. The average Bonchev–Trinajstić information content (AvgIpc) is 1.72. The fourth-order valence-electron chi connectivity index (χ4n) is 13.6. The summed E-state index contributed by atoms with van der Waals surface area (Å²) in [6.45, 7) is 13.6. The molecule has 0 spiro atoms. The number of carbonyl (C=O) groups excluding carboxylic acids is 3. The summed E-state index contributed by atoms with van der Waals surface area (Å²) in [5, 5.41) is 39.6. The number of rotatable bonds is 33.